The number of benzene rings is 1. The summed E-state index contributed by atoms with van der Waals surface area (Å²) in [6.07, 6.45) is 3.60. The number of amides is 1. The van der Waals surface area contributed by atoms with Gasteiger partial charge in [0.05, 0.1) is 5.02 Å². The summed E-state index contributed by atoms with van der Waals surface area (Å²) in [5.74, 6) is 0.913. The van der Waals surface area contributed by atoms with Crippen LogP contribution in [0.15, 0.2) is 18.2 Å². The van der Waals surface area contributed by atoms with Gasteiger partial charge >= 0.3 is 0 Å². The lowest BCUT2D eigenvalue weighted by molar-refractivity contribution is -0.116. The maximum absolute atomic E-state index is 11.5. The molecular weight excluding hydrogens is 282 g/mol. The molecule has 1 aromatic rings. The Kier molecular flexibility index (Phi) is 5.26. The summed E-state index contributed by atoms with van der Waals surface area (Å²) in [6.45, 7) is 1.47. The summed E-state index contributed by atoms with van der Waals surface area (Å²) in [6, 6.07) is 3.49. The molecule has 1 aromatic carbocycles. The van der Waals surface area contributed by atoms with Gasteiger partial charge in [-0.3, -0.25) is 4.79 Å². The number of halogens is 1. The van der Waals surface area contributed by atoms with E-state index in [9.17, 15) is 4.79 Å². The van der Waals surface area contributed by atoms with Crippen LogP contribution in [0, 0.1) is 0 Å². The summed E-state index contributed by atoms with van der Waals surface area (Å²) >= 11 is 6.10. The molecule has 0 aromatic heterocycles. The molecule has 0 unspecified atom stereocenters. The van der Waals surface area contributed by atoms with E-state index in [1.54, 1.807) is 18.2 Å². The highest BCUT2D eigenvalue weighted by molar-refractivity contribution is 6.32. The Morgan fingerprint density at radius 3 is 3.00 bits per heavy atom. The number of carbonyl (C=O) groups excluding carboxylic acids is 1. The molecule has 1 heterocycles. The van der Waals surface area contributed by atoms with Crippen LogP contribution in [0.4, 0.5) is 0 Å². The van der Waals surface area contributed by atoms with Crippen molar-refractivity contribution in [2.75, 3.05) is 26.4 Å². The van der Waals surface area contributed by atoms with Crippen molar-refractivity contribution in [1.29, 1.82) is 0 Å². The Balaban J connectivity index is 2.02. The lowest BCUT2D eigenvalue weighted by Gasteiger charge is -2.19. The smallest absolute Gasteiger partial charge is 0.244 e. The molecule has 5 nitrogen and oxygen atoms in total. The number of carbonyl (C=O) groups is 1. The van der Waals surface area contributed by atoms with Gasteiger partial charge < -0.3 is 19.9 Å². The summed E-state index contributed by atoms with van der Waals surface area (Å²) in [7, 11) is 0. The second kappa shape index (κ2) is 7.17. The molecule has 0 fully saturated rings. The summed E-state index contributed by atoms with van der Waals surface area (Å²) in [4.78, 5) is 11.5. The third-order valence-electron chi connectivity index (χ3n) is 2.68. The molecule has 2 N–H and O–H groups in total. The average molecular weight is 298 g/mol. The first-order valence-corrected chi connectivity index (χ1v) is 6.74. The van der Waals surface area contributed by atoms with E-state index >= 15 is 0 Å². The second-order valence-electron chi connectivity index (χ2n) is 4.23. The molecule has 108 valence electrons. The zero-order chi connectivity index (χ0) is 14.4. The van der Waals surface area contributed by atoms with Crippen LogP contribution < -0.4 is 14.8 Å². The highest BCUT2D eigenvalue weighted by atomic mass is 35.5. The van der Waals surface area contributed by atoms with E-state index in [-0.39, 0.29) is 12.5 Å². The Morgan fingerprint density at radius 2 is 2.20 bits per heavy atom. The number of fused-ring (bicyclic) bond motifs is 1. The van der Waals surface area contributed by atoms with Gasteiger partial charge in [0.2, 0.25) is 5.91 Å². The molecule has 0 aliphatic carbocycles. The van der Waals surface area contributed by atoms with Crippen LogP contribution in [0.3, 0.4) is 0 Å². The molecule has 0 radical (unpaired) electrons. The topological polar surface area (TPSA) is 67.8 Å². The number of aliphatic hydroxyl groups excluding tert-OH is 1. The van der Waals surface area contributed by atoms with Crippen LogP contribution in [-0.4, -0.2) is 37.4 Å². The van der Waals surface area contributed by atoms with Crippen molar-refractivity contribution in [3.8, 4) is 11.5 Å². The molecule has 0 atom stereocenters. The van der Waals surface area contributed by atoms with Gasteiger partial charge in [-0.05, 0) is 30.2 Å². The Bertz CT molecular complexity index is 516. The molecule has 2 rings (SSSR count). The van der Waals surface area contributed by atoms with E-state index in [4.69, 9.17) is 26.2 Å². The van der Waals surface area contributed by atoms with E-state index in [2.05, 4.69) is 5.32 Å². The van der Waals surface area contributed by atoms with Gasteiger partial charge in [-0.25, -0.2) is 0 Å². The van der Waals surface area contributed by atoms with E-state index < -0.39 is 0 Å². The van der Waals surface area contributed by atoms with E-state index in [1.165, 1.54) is 6.08 Å². The van der Waals surface area contributed by atoms with E-state index in [0.717, 1.165) is 5.56 Å². The minimum Gasteiger partial charge on any atom is -0.486 e. The van der Waals surface area contributed by atoms with Crippen molar-refractivity contribution in [1.82, 2.24) is 5.32 Å². The van der Waals surface area contributed by atoms with Gasteiger partial charge in [0.1, 0.15) is 13.2 Å². The summed E-state index contributed by atoms with van der Waals surface area (Å²) in [5.41, 5.74) is 0.761. The van der Waals surface area contributed by atoms with Crippen LogP contribution in [0.25, 0.3) is 6.08 Å². The molecule has 1 amide bonds. The third-order valence-corrected chi connectivity index (χ3v) is 2.96. The van der Waals surface area contributed by atoms with Crippen LogP contribution in [0.2, 0.25) is 5.02 Å². The lowest BCUT2D eigenvalue weighted by atomic mass is 10.1. The summed E-state index contributed by atoms with van der Waals surface area (Å²) < 4.78 is 10.9. The number of ether oxygens (including phenoxy) is 2. The van der Waals surface area contributed by atoms with Crippen molar-refractivity contribution < 1.29 is 19.4 Å². The zero-order valence-corrected chi connectivity index (χ0v) is 11.7. The predicted octanol–water partition coefficient (Wildman–Crippen LogP) is 1.62. The van der Waals surface area contributed by atoms with Crippen molar-refractivity contribution >= 4 is 23.6 Å². The minimum atomic E-state index is -0.218. The van der Waals surface area contributed by atoms with E-state index in [0.29, 0.717) is 42.7 Å². The monoisotopic (exact) mass is 297 g/mol. The number of aliphatic hydroxyl groups is 1. The highest BCUT2D eigenvalue weighted by Gasteiger charge is 2.15. The number of hydrogen-bond acceptors (Lipinski definition) is 4. The Hall–Kier alpha value is -1.72. The molecule has 20 heavy (non-hydrogen) atoms. The average Bonchev–Trinajstić information content (AvgIpc) is 2.45. The minimum absolute atomic E-state index is 0.0573. The second-order valence-corrected chi connectivity index (χ2v) is 4.64. The fourth-order valence-electron chi connectivity index (χ4n) is 1.75. The Morgan fingerprint density at radius 1 is 1.40 bits per heavy atom. The first-order valence-electron chi connectivity index (χ1n) is 6.36. The molecule has 0 saturated heterocycles. The van der Waals surface area contributed by atoms with Gasteiger partial charge in [0.15, 0.2) is 11.5 Å². The Labute approximate surface area is 122 Å². The largest absolute Gasteiger partial charge is 0.486 e. The first-order chi connectivity index (χ1) is 9.70. The van der Waals surface area contributed by atoms with Crippen molar-refractivity contribution in [3.63, 3.8) is 0 Å². The standard InChI is InChI=1S/C14H16ClNO4/c15-11-8-10(2-3-13(18)16-4-1-5-17)9-12-14(11)20-7-6-19-12/h2-3,8-9,17H,1,4-7H2,(H,16,18)/b3-2+. The van der Waals surface area contributed by atoms with Crippen LogP contribution >= 0.6 is 11.6 Å². The van der Waals surface area contributed by atoms with Gasteiger partial charge in [-0.1, -0.05) is 11.6 Å². The molecular formula is C14H16ClNO4. The lowest BCUT2D eigenvalue weighted by Crippen LogP contribution is -2.22. The van der Waals surface area contributed by atoms with Crippen LogP contribution in [0.5, 0.6) is 11.5 Å². The predicted molar refractivity (Wildman–Crippen MR) is 76.2 cm³/mol. The SMILES string of the molecule is O=C(/C=C/c1cc(Cl)c2c(c1)OCCO2)NCCCO. The normalized spacial score (nSPS) is 13.5. The fraction of sp³-hybridized carbons (Fsp3) is 0.357. The zero-order valence-electron chi connectivity index (χ0n) is 10.9. The van der Waals surface area contributed by atoms with E-state index in [1.807, 2.05) is 0 Å². The number of hydrogen-bond donors (Lipinski definition) is 2. The van der Waals surface area contributed by atoms with Gasteiger partial charge in [0.25, 0.3) is 0 Å². The van der Waals surface area contributed by atoms with Crippen LogP contribution in [-0.2, 0) is 4.79 Å². The molecule has 0 spiro atoms. The van der Waals surface area contributed by atoms with Crippen molar-refractivity contribution in [2.24, 2.45) is 0 Å². The molecule has 6 heteroatoms. The molecule has 0 saturated carbocycles. The highest BCUT2D eigenvalue weighted by Crippen LogP contribution is 2.38. The third kappa shape index (κ3) is 3.88. The molecule has 1 aliphatic rings. The maximum atomic E-state index is 11.5. The van der Waals surface area contributed by atoms with Crippen molar-refractivity contribution in [2.45, 2.75) is 6.42 Å². The summed E-state index contributed by atoms with van der Waals surface area (Å²) in [5, 5.41) is 11.7. The van der Waals surface area contributed by atoms with Gasteiger partial charge in [-0.15, -0.1) is 0 Å². The number of rotatable bonds is 5. The quantitative estimate of drug-likeness (QED) is 0.640. The first kappa shape index (κ1) is 14.7. The molecule has 0 bridgehead atoms. The van der Waals surface area contributed by atoms with Crippen LogP contribution in [0.1, 0.15) is 12.0 Å². The molecule has 1 aliphatic heterocycles. The number of nitrogens with one attached hydrogen (secondary N) is 1. The fourth-order valence-corrected chi connectivity index (χ4v) is 2.02. The maximum Gasteiger partial charge on any atom is 0.244 e. The van der Waals surface area contributed by atoms with Gasteiger partial charge in [-0.2, -0.15) is 0 Å². The van der Waals surface area contributed by atoms with Crippen molar-refractivity contribution in [3.05, 3.63) is 28.8 Å². The van der Waals surface area contributed by atoms with Gasteiger partial charge in [0, 0.05) is 19.2 Å².